The third-order valence-electron chi connectivity index (χ3n) is 3.15. The zero-order valence-electron chi connectivity index (χ0n) is 9.78. The van der Waals surface area contributed by atoms with E-state index in [-0.39, 0.29) is 23.7 Å². The summed E-state index contributed by atoms with van der Waals surface area (Å²) in [5.74, 6) is 1.06. The van der Waals surface area contributed by atoms with E-state index in [1.54, 1.807) is 7.11 Å². The Kier molecular flexibility index (Phi) is 2.91. The zero-order chi connectivity index (χ0) is 12.8. The second-order valence-corrected chi connectivity index (χ2v) is 7.27. The summed E-state index contributed by atoms with van der Waals surface area (Å²) in [6.45, 7) is 0. The van der Waals surface area contributed by atoms with Crippen molar-refractivity contribution in [2.45, 2.75) is 12.1 Å². The number of sulfone groups is 1. The molecule has 1 aromatic carbocycles. The summed E-state index contributed by atoms with van der Waals surface area (Å²) in [5.41, 5.74) is 0.936. The molecule has 0 amide bonds. The lowest BCUT2D eigenvalue weighted by Gasteiger charge is -2.20. The Bertz CT molecular complexity index is 543. The summed E-state index contributed by atoms with van der Waals surface area (Å²) in [4.78, 5) is 0. The van der Waals surface area contributed by atoms with E-state index in [0.29, 0.717) is 0 Å². The maximum Gasteiger partial charge on any atom is 0.155 e. The van der Waals surface area contributed by atoms with Gasteiger partial charge in [0.15, 0.2) is 9.84 Å². The highest BCUT2D eigenvalue weighted by atomic mass is 32.2. The van der Waals surface area contributed by atoms with E-state index in [1.807, 2.05) is 28.6 Å². The number of fused-ring (bicyclic) bond motifs is 1. The molecule has 0 aromatic heterocycles. The van der Waals surface area contributed by atoms with Gasteiger partial charge in [-0.1, -0.05) is 0 Å². The van der Waals surface area contributed by atoms with Crippen molar-refractivity contribution in [3.05, 3.63) is 24.3 Å². The van der Waals surface area contributed by atoms with Crippen LogP contribution in [0.15, 0.2) is 24.3 Å². The second kappa shape index (κ2) is 4.32. The van der Waals surface area contributed by atoms with E-state index in [0.717, 1.165) is 11.4 Å². The largest absolute Gasteiger partial charge is 0.497 e. The minimum atomic E-state index is -2.96. The van der Waals surface area contributed by atoms with Crippen molar-refractivity contribution in [1.29, 1.82) is 0 Å². The van der Waals surface area contributed by atoms with Gasteiger partial charge in [-0.15, -0.1) is 0 Å². The molecule has 0 aliphatic carbocycles. The lowest BCUT2D eigenvalue weighted by atomic mass is 10.2. The number of ether oxygens (including phenoxy) is 1. The number of hydrogen-bond donors (Lipinski definition) is 0. The Balaban J connectivity index is 1.84. The average molecular weight is 287 g/mol. The molecule has 0 saturated carbocycles. The van der Waals surface area contributed by atoms with Gasteiger partial charge in [0, 0.05) is 5.69 Å². The number of nitrogens with zero attached hydrogens (tertiary/aromatic N) is 1. The Morgan fingerprint density at radius 2 is 2.06 bits per heavy atom. The summed E-state index contributed by atoms with van der Waals surface area (Å²) < 4.78 is 35.7. The number of benzene rings is 1. The molecule has 0 unspecified atom stereocenters. The Hall–Kier alpha value is -0.920. The predicted molar refractivity (Wildman–Crippen MR) is 70.4 cm³/mol. The molecule has 2 aliphatic heterocycles. The minimum Gasteiger partial charge on any atom is -0.497 e. The molecule has 2 aliphatic rings. The van der Waals surface area contributed by atoms with Crippen molar-refractivity contribution in [3.8, 4) is 5.75 Å². The van der Waals surface area contributed by atoms with Crippen LogP contribution in [0.25, 0.3) is 0 Å². The van der Waals surface area contributed by atoms with Crippen molar-refractivity contribution in [2.24, 2.45) is 0 Å². The number of methoxy groups -OCH3 is 1. The van der Waals surface area contributed by atoms with Crippen LogP contribution in [-0.2, 0) is 14.0 Å². The highest BCUT2D eigenvalue weighted by Crippen LogP contribution is 2.40. The molecular formula is C11H13NO4S2. The topological polar surface area (TPSA) is 55.8 Å². The van der Waals surface area contributed by atoms with E-state index in [1.165, 1.54) is 12.2 Å². The maximum absolute atomic E-state index is 11.6. The van der Waals surface area contributed by atoms with Gasteiger partial charge in [-0.05, 0) is 24.3 Å². The molecule has 3 rings (SSSR count). The zero-order valence-corrected chi connectivity index (χ0v) is 11.4. The summed E-state index contributed by atoms with van der Waals surface area (Å²) >= 11 is 1.23. The third kappa shape index (κ3) is 2.06. The molecular weight excluding hydrogens is 274 g/mol. The van der Waals surface area contributed by atoms with Crippen LogP contribution in [0.2, 0.25) is 0 Å². The number of rotatable bonds is 2. The van der Waals surface area contributed by atoms with Gasteiger partial charge in [-0.3, -0.25) is 8.49 Å². The molecule has 98 valence electrons. The first-order valence-electron chi connectivity index (χ1n) is 5.56. The van der Waals surface area contributed by atoms with Gasteiger partial charge in [0.05, 0.1) is 24.7 Å². The first kappa shape index (κ1) is 12.1. The fourth-order valence-corrected chi connectivity index (χ4v) is 5.15. The van der Waals surface area contributed by atoms with Crippen LogP contribution in [0.5, 0.6) is 5.75 Å². The van der Waals surface area contributed by atoms with Crippen LogP contribution in [0.3, 0.4) is 0 Å². The van der Waals surface area contributed by atoms with Gasteiger partial charge in [0.25, 0.3) is 0 Å². The summed E-state index contributed by atoms with van der Waals surface area (Å²) in [7, 11) is -1.35. The van der Waals surface area contributed by atoms with E-state index < -0.39 is 9.84 Å². The van der Waals surface area contributed by atoms with Crippen molar-refractivity contribution < 1.29 is 17.3 Å². The molecule has 0 bridgehead atoms. The monoisotopic (exact) mass is 287 g/mol. The molecule has 1 aromatic rings. The van der Waals surface area contributed by atoms with Gasteiger partial charge < -0.3 is 4.74 Å². The predicted octanol–water partition coefficient (Wildman–Crippen LogP) is 1.26. The molecule has 18 heavy (non-hydrogen) atoms. The molecule has 2 fully saturated rings. The fourth-order valence-electron chi connectivity index (χ4n) is 2.23. The molecule has 0 radical (unpaired) electrons. The molecule has 5 nitrogen and oxygen atoms in total. The van der Waals surface area contributed by atoms with Crippen molar-refractivity contribution in [2.75, 3.05) is 22.9 Å². The van der Waals surface area contributed by atoms with E-state index >= 15 is 0 Å². The molecule has 7 heteroatoms. The number of anilines is 1. The van der Waals surface area contributed by atoms with E-state index in [9.17, 15) is 8.42 Å². The molecule has 2 heterocycles. The van der Waals surface area contributed by atoms with Crippen LogP contribution in [0, 0.1) is 0 Å². The highest BCUT2D eigenvalue weighted by Gasteiger charge is 2.47. The minimum absolute atomic E-state index is 0.0894. The summed E-state index contributed by atoms with van der Waals surface area (Å²) in [6, 6.07) is 7.43. The highest BCUT2D eigenvalue weighted by molar-refractivity contribution is 7.97. The van der Waals surface area contributed by atoms with Crippen molar-refractivity contribution >= 4 is 27.8 Å². The van der Waals surface area contributed by atoms with Crippen molar-refractivity contribution in [3.63, 3.8) is 0 Å². The summed E-state index contributed by atoms with van der Waals surface area (Å²) in [5, 5.41) is 0. The molecule has 2 atom stereocenters. The van der Waals surface area contributed by atoms with E-state index in [4.69, 9.17) is 8.92 Å². The quantitative estimate of drug-likeness (QED) is 0.603. The van der Waals surface area contributed by atoms with Gasteiger partial charge in [-0.2, -0.15) is 0 Å². The Morgan fingerprint density at radius 1 is 1.33 bits per heavy atom. The molecule has 0 spiro atoms. The number of hydrogen-bond acceptors (Lipinski definition) is 6. The van der Waals surface area contributed by atoms with Gasteiger partial charge >= 0.3 is 0 Å². The summed E-state index contributed by atoms with van der Waals surface area (Å²) in [6.07, 6.45) is -0.220. The van der Waals surface area contributed by atoms with E-state index in [2.05, 4.69) is 0 Å². The van der Waals surface area contributed by atoms with Gasteiger partial charge in [-0.25, -0.2) is 8.42 Å². The second-order valence-electron chi connectivity index (χ2n) is 4.38. The molecule has 0 N–H and O–H groups in total. The van der Waals surface area contributed by atoms with Crippen molar-refractivity contribution in [1.82, 2.24) is 0 Å². The maximum atomic E-state index is 11.6. The van der Waals surface area contributed by atoms with Crippen LogP contribution in [0.4, 0.5) is 5.69 Å². The lowest BCUT2D eigenvalue weighted by molar-refractivity contribution is 0.282. The first-order valence-corrected chi connectivity index (χ1v) is 8.08. The smallest absolute Gasteiger partial charge is 0.155 e. The first-order chi connectivity index (χ1) is 8.59. The van der Waals surface area contributed by atoms with Crippen LogP contribution < -0.4 is 9.04 Å². The average Bonchev–Trinajstić information content (AvgIpc) is 2.84. The normalized spacial score (nSPS) is 29.3. The Labute approximate surface area is 110 Å². The van der Waals surface area contributed by atoms with Gasteiger partial charge in [0.1, 0.15) is 24.1 Å². The lowest BCUT2D eigenvalue weighted by Crippen LogP contribution is -2.32. The van der Waals surface area contributed by atoms with Crippen LogP contribution >= 0.6 is 12.2 Å². The Morgan fingerprint density at radius 3 is 2.72 bits per heavy atom. The van der Waals surface area contributed by atoms with Gasteiger partial charge in [0.2, 0.25) is 0 Å². The third-order valence-corrected chi connectivity index (χ3v) is 5.81. The molecule has 2 saturated heterocycles. The standard InChI is InChI=1S/C11H13NO4S2/c1-15-9-4-2-8(3-5-9)12-10-6-18(13,14)7-11(10)16-17-12/h2-5,10-11H,6-7H2,1H3/t10-,11-/m1/s1. The van der Waals surface area contributed by atoms with Crippen LogP contribution in [0.1, 0.15) is 0 Å². The van der Waals surface area contributed by atoms with Crippen LogP contribution in [-0.4, -0.2) is 39.2 Å². The SMILES string of the molecule is COc1ccc(N2SO[C@@H]3CS(=O)(=O)C[C@H]32)cc1. The fraction of sp³-hybridized carbons (Fsp3) is 0.455.